The molecule has 120 valence electrons. The first-order valence-corrected chi connectivity index (χ1v) is 9.16. The number of hydrogen-bond acceptors (Lipinski definition) is 3. The molecule has 0 aliphatic carbocycles. The zero-order chi connectivity index (χ0) is 16.4. The molecule has 0 bridgehead atoms. The fourth-order valence-corrected chi connectivity index (χ4v) is 3.22. The van der Waals surface area contributed by atoms with Gasteiger partial charge in [-0.3, -0.25) is 14.2 Å². The molecule has 5 heteroatoms. The Bertz CT molecular complexity index is 826. The standard InChI is InChI=1S/C18H21N3OS/c1-13(15-6-8-17(9-7-15)23(3)22)21(2)12-14-4-5-16-11-19-20-18(16)10-14/h4-11,13H,12H2,1-3H3,(H,19,20)/t13-,23+/m0/s1. The maximum Gasteiger partial charge on any atom is 0.0653 e. The zero-order valence-corrected chi connectivity index (χ0v) is 14.4. The van der Waals surface area contributed by atoms with E-state index in [1.165, 1.54) is 11.1 Å². The van der Waals surface area contributed by atoms with Crippen molar-refractivity contribution in [2.45, 2.75) is 24.4 Å². The van der Waals surface area contributed by atoms with Crippen molar-refractivity contribution >= 4 is 21.7 Å². The summed E-state index contributed by atoms with van der Waals surface area (Å²) in [6.45, 7) is 3.05. The summed E-state index contributed by atoms with van der Waals surface area (Å²) in [6, 6.07) is 14.7. The van der Waals surface area contributed by atoms with E-state index in [4.69, 9.17) is 0 Å². The van der Waals surface area contributed by atoms with Crippen LogP contribution in [0.4, 0.5) is 0 Å². The van der Waals surface area contributed by atoms with Crippen LogP contribution in [-0.4, -0.2) is 32.6 Å². The quantitative estimate of drug-likeness (QED) is 0.780. The molecule has 1 aromatic heterocycles. The number of aromatic nitrogens is 2. The predicted octanol–water partition coefficient (Wildman–Crippen LogP) is 3.49. The first-order chi connectivity index (χ1) is 11.0. The van der Waals surface area contributed by atoms with E-state index in [0.717, 1.165) is 22.3 Å². The van der Waals surface area contributed by atoms with Crippen molar-refractivity contribution in [1.29, 1.82) is 0 Å². The van der Waals surface area contributed by atoms with E-state index in [1.807, 2.05) is 18.3 Å². The fourth-order valence-electron chi connectivity index (χ4n) is 2.70. The Labute approximate surface area is 139 Å². The van der Waals surface area contributed by atoms with Crippen LogP contribution in [0.5, 0.6) is 0 Å². The first-order valence-electron chi connectivity index (χ1n) is 7.60. The molecule has 0 fully saturated rings. The van der Waals surface area contributed by atoms with E-state index >= 15 is 0 Å². The molecular formula is C18H21N3OS. The second-order valence-corrected chi connectivity index (χ2v) is 7.29. The van der Waals surface area contributed by atoms with Gasteiger partial charge in [0.1, 0.15) is 0 Å². The second kappa shape index (κ2) is 6.64. The number of rotatable bonds is 5. The molecule has 3 rings (SSSR count). The third kappa shape index (κ3) is 3.51. The number of hydrogen-bond donors (Lipinski definition) is 1. The highest BCUT2D eigenvalue weighted by Gasteiger charge is 2.13. The highest BCUT2D eigenvalue weighted by Crippen LogP contribution is 2.23. The van der Waals surface area contributed by atoms with Crippen LogP contribution in [0.2, 0.25) is 0 Å². The molecular weight excluding hydrogens is 306 g/mol. The van der Waals surface area contributed by atoms with Gasteiger partial charge < -0.3 is 0 Å². The van der Waals surface area contributed by atoms with Crippen LogP contribution in [-0.2, 0) is 17.3 Å². The zero-order valence-electron chi connectivity index (χ0n) is 13.6. The Balaban J connectivity index is 1.73. The molecule has 0 aliphatic heterocycles. The molecule has 23 heavy (non-hydrogen) atoms. The van der Waals surface area contributed by atoms with Gasteiger partial charge in [-0.15, -0.1) is 0 Å². The Hall–Kier alpha value is -1.98. The number of aromatic amines is 1. The van der Waals surface area contributed by atoms with Crippen LogP contribution in [0.25, 0.3) is 10.9 Å². The Morgan fingerprint density at radius 3 is 2.65 bits per heavy atom. The van der Waals surface area contributed by atoms with Gasteiger partial charge in [-0.05, 0) is 43.3 Å². The van der Waals surface area contributed by atoms with E-state index < -0.39 is 10.8 Å². The lowest BCUT2D eigenvalue weighted by molar-refractivity contribution is 0.253. The minimum atomic E-state index is -0.925. The average molecular weight is 327 g/mol. The molecule has 0 radical (unpaired) electrons. The lowest BCUT2D eigenvalue weighted by Gasteiger charge is -2.25. The molecule has 4 nitrogen and oxygen atoms in total. The number of benzene rings is 2. The van der Waals surface area contributed by atoms with Crippen LogP contribution in [0.1, 0.15) is 24.1 Å². The molecule has 0 saturated carbocycles. The van der Waals surface area contributed by atoms with Crippen LogP contribution in [0.3, 0.4) is 0 Å². The summed E-state index contributed by atoms with van der Waals surface area (Å²) in [5, 5.41) is 8.21. The summed E-state index contributed by atoms with van der Waals surface area (Å²) >= 11 is 0. The Kier molecular flexibility index (Phi) is 4.59. The topological polar surface area (TPSA) is 49.0 Å². The normalized spacial score (nSPS) is 14.3. The van der Waals surface area contributed by atoms with Crippen molar-refractivity contribution in [3.63, 3.8) is 0 Å². The van der Waals surface area contributed by atoms with E-state index in [-0.39, 0.29) is 6.04 Å². The van der Waals surface area contributed by atoms with Gasteiger partial charge in [0.05, 0.1) is 11.7 Å². The minimum absolute atomic E-state index is 0.284. The predicted molar refractivity (Wildman–Crippen MR) is 94.8 cm³/mol. The third-order valence-corrected chi connectivity index (χ3v) is 5.23. The number of nitrogens with one attached hydrogen (secondary N) is 1. The minimum Gasteiger partial charge on any atom is -0.295 e. The number of nitrogens with zero attached hydrogens (tertiary/aromatic N) is 2. The third-order valence-electron chi connectivity index (χ3n) is 4.29. The maximum atomic E-state index is 11.5. The van der Waals surface area contributed by atoms with Crippen molar-refractivity contribution in [3.8, 4) is 0 Å². The van der Waals surface area contributed by atoms with Crippen molar-refractivity contribution < 1.29 is 4.21 Å². The molecule has 2 atom stereocenters. The summed E-state index contributed by atoms with van der Waals surface area (Å²) in [6.07, 6.45) is 3.54. The van der Waals surface area contributed by atoms with Gasteiger partial charge in [-0.2, -0.15) is 5.10 Å². The van der Waals surface area contributed by atoms with Gasteiger partial charge >= 0.3 is 0 Å². The number of H-pyrrole nitrogens is 1. The van der Waals surface area contributed by atoms with Gasteiger partial charge in [0, 0.05) is 39.9 Å². The van der Waals surface area contributed by atoms with E-state index in [2.05, 4.69) is 59.4 Å². The SMILES string of the molecule is C[C@@H](c1ccc([S@@](C)=O)cc1)N(C)Cc1ccc2cn[nH]c2c1. The van der Waals surface area contributed by atoms with Crippen molar-refractivity contribution in [3.05, 3.63) is 59.8 Å². The Morgan fingerprint density at radius 1 is 1.22 bits per heavy atom. The van der Waals surface area contributed by atoms with Crippen LogP contribution in [0.15, 0.2) is 53.6 Å². The monoisotopic (exact) mass is 327 g/mol. The summed E-state index contributed by atoms with van der Waals surface area (Å²) in [4.78, 5) is 3.17. The molecule has 0 spiro atoms. The second-order valence-electron chi connectivity index (χ2n) is 5.91. The van der Waals surface area contributed by atoms with Crippen molar-refractivity contribution in [1.82, 2.24) is 15.1 Å². The highest BCUT2D eigenvalue weighted by molar-refractivity contribution is 7.84. The van der Waals surface area contributed by atoms with Gasteiger partial charge in [0.2, 0.25) is 0 Å². The molecule has 0 unspecified atom stereocenters. The molecule has 3 aromatic rings. The first kappa shape index (κ1) is 15.9. The van der Waals surface area contributed by atoms with Gasteiger partial charge in [-0.25, -0.2) is 0 Å². The summed E-state index contributed by atoms with van der Waals surface area (Å²) in [5.41, 5.74) is 3.55. The molecule has 1 N–H and O–H groups in total. The van der Waals surface area contributed by atoms with Crippen molar-refractivity contribution in [2.75, 3.05) is 13.3 Å². The molecule has 2 aromatic carbocycles. The van der Waals surface area contributed by atoms with Crippen LogP contribution in [0, 0.1) is 0 Å². The molecule has 0 saturated heterocycles. The molecule has 0 aliphatic rings. The summed E-state index contributed by atoms with van der Waals surface area (Å²) in [7, 11) is 1.19. The average Bonchev–Trinajstić information content (AvgIpc) is 3.01. The maximum absolute atomic E-state index is 11.5. The van der Waals surface area contributed by atoms with E-state index in [1.54, 1.807) is 6.26 Å². The van der Waals surface area contributed by atoms with Crippen molar-refractivity contribution in [2.24, 2.45) is 0 Å². The summed E-state index contributed by atoms with van der Waals surface area (Å²) in [5.74, 6) is 0. The van der Waals surface area contributed by atoms with Gasteiger partial charge in [-0.1, -0.05) is 24.3 Å². The number of fused-ring (bicyclic) bond motifs is 1. The fraction of sp³-hybridized carbons (Fsp3) is 0.278. The molecule has 1 heterocycles. The summed E-state index contributed by atoms with van der Waals surface area (Å²) < 4.78 is 11.5. The van der Waals surface area contributed by atoms with Crippen LogP contribution >= 0.6 is 0 Å². The van der Waals surface area contributed by atoms with E-state index in [9.17, 15) is 4.21 Å². The van der Waals surface area contributed by atoms with Gasteiger partial charge in [0.25, 0.3) is 0 Å². The van der Waals surface area contributed by atoms with Gasteiger partial charge in [0.15, 0.2) is 0 Å². The van der Waals surface area contributed by atoms with Crippen LogP contribution < -0.4 is 0 Å². The highest BCUT2D eigenvalue weighted by atomic mass is 32.2. The smallest absolute Gasteiger partial charge is 0.0653 e. The largest absolute Gasteiger partial charge is 0.295 e. The lowest BCUT2D eigenvalue weighted by Crippen LogP contribution is -2.21. The Morgan fingerprint density at radius 2 is 1.96 bits per heavy atom. The lowest BCUT2D eigenvalue weighted by atomic mass is 10.1. The van der Waals surface area contributed by atoms with E-state index in [0.29, 0.717) is 0 Å². The molecule has 0 amide bonds.